The number of aromatic nitrogens is 4. The Morgan fingerprint density at radius 2 is 2.10 bits per heavy atom. The van der Waals surface area contributed by atoms with E-state index in [1.165, 1.54) is 24.9 Å². The fraction of sp³-hybridized carbons (Fsp3) is 0.357. The molecule has 1 aliphatic rings. The van der Waals surface area contributed by atoms with Crippen LogP contribution >= 0.6 is 0 Å². The highest BCUT2D eigenvalue weighted by Gasteiger charge is 2.23. The first-order chi connectivity index (χ1) is 19.5. The number of hydrogen-bond acceptors (Lipinski definition) is 8. The lowest BCUT2D eigenvalue weighted by Crippen LogP contribution is -2.31. The number of H-pyrrole nitrogens is 1. The zero-order chi connectivity index (χ0) is 27.9. The van der Waals surface area contributed by atoms with Gasteiger partial charge in [0.15, 0.2) is 17.5 Å². The molecule has 4 aromatic rings. The van der Waals surface area contributed by atoms with Gasteiger partial charge in [-0.15, -0.1) is 0 Å². The second-order valence-corrected chi connectivity index (χ2v) is 9.68. The van der Waals surface area contributed by atoms with Gasteiger partial charge in [0.1, 0.15) is 17.9 Å². The number of fused-ring (bicyclic) bond motifs is 1. The van der Waals surface area contributed by atoms with Crippen LogP contribution in [0.2, 0.25) is 0 Å². The second-order valence-electron chi connectivity index (χ2n) is 9.68. The number of aliphatic hydroxyl groups excluding tert-OH is 1. The fourth-order valence-electron chi connectivity index (χ4n) is 4.95. The van der Waals surface area contributed by atoms with Crippen molar-refractivity contribution in [3.8, 4) is 5.75 Å². The van der Waals surface area contributed by atoms with Gasteiger partial charge < -0.3 is 25.4 Å². The van der Waals surface area contributed by atoms with Gasteiger partial charge in [0.05, 0.1) is 24.2 Å². The van der Waals surface area contributed by atoms with Crippen molar-refractivity contribution in [1.29, 1.82) is 0 Å². The van der Waals surface area contributed by atoms with Gasteiger partial charge in [-0.3, -0.25) is 9.89 Å². The molecule has 2 aromatic heterocycles. The first-order valence-corrected chi connectivity index (χ1v) is 13.3. The SMILES string of the molecule is O=C(Cc1cc(Nc2ncnc3cc(OCCCN4CCC[C@H]4CCO)ccc23)n[nH]1)Nc1cccc(F)c1F. The Balaban J connectivity index is 1.15. The van der Waals surface area contributed by atoms with Crippen LogP contribution < -0.4 is 15.4 Å². The summed E-state index contributed by atoms with van der Waals surface area (Å²) in [6.07, 6.45) is 5.38. The Labute approximate surface area is 229 Å². The highest BCUT2D eigenvalue weighted by atomic mass is 19.2. The van der Waals surface area contributed by atoms with Crippen LogP contribution in [0.1, 0.15) is 31.4 Å². The summed E-state index contributed by atoms with van der Waals surface area (Å²) in [6.45, 7) is 2.84. The number of amides is 1. The summed E-state index contributed by atoms with van der Waals surface area (Å²) in [5, 5.41) is 22.4. The van der Waals surface area contributed by atoms with Crippen LogP contribution in [0, 0.1) is 11.6 Å². The van der Waals surface area contributed by atoms with Crippen LogP contribution in [-0.4, -0.2) is 68.4 Å². The van der Waals surface area contributed by atoms with E-state index in [2.05, 4.69) is 35.7 Å². The topological polar surface area (TPSA) is 128 Å². The summed E-state index contributed by atoms with van der Waals surface area (Å²) in [6, 6.07) is 11.3. The van der Waals surface area contributed by atoms with Gasteiger partial charge >= 0.3 is 0 Å². The molecule has 1 amide bonds. The molecule has 4 N–H and O–H groups in total. The smallest absolute Gasteiger partial charge is 0.230 e. The number of benzene rings is 2. The van der Waals surface area contributed by atoms with Crippen molar-refractivity contribution in [2.75, 3.05) is 36.9 Å². The molecule has 2 aromatic carbocycles. The molecule has 0 aliphatic carbocycles. The van der Waals surface area contributed by atoms with Crippen molar-refractivity contribution >= 4 is 34.1 Å². The molecule has 1 atom stereocenters. The van der Waals surface area contributed by atoms with Crippen LogP contribution in [-0.2, 0) is 11.2 Å². The predicted octanol–water partition coefficient (Wildman–Crippen LogP) is 4.17. The molecule has 210 valence electrons. The molecule has 40 heavy (non-hydrogen) atoms. The van der Waals surface area contributed by atoms with E-state index in [0.717, 1.165) is 43.8 Å². The molecule has 0 unspecified atom stereocenters. The molecule has 12 heteroatoms. The minimum absolute atomic E-state index is 0.115. The van der Waals surface area contributed by atoms with E-state index in [1.54, 1.807) is 6.07 Å². The van der Waals surface area contributed by atoms with Crippen LogP contribution in [0.25, 0.3) is 10.9 Å². The number of rotatable bonds is 12. The number of nitrogens with one attached hydrogen (secondary N) is 3. The van der Waals surface area contributed by atoms with Gasteiger partial charge in [0, 0.05) is 42.4 Å². The van der Waals surface area contributed by atoms with Crippen molar-refractivity contribution in [2.45, 2.75) is 38.1 Å². The lowest BCUT2D eigenvalue weighted by molar-refractivity contribution is -0.115. The van der Waals surface area contributed by atoms with Crippen LogP contribution in [0.15, 0.2) is 48.8 Å². The molecule has 3 heterocycles. The van der Waals surface area contributed by atoms with E-state index in [4.69, 9.17) is 4.74 Å². The van der Waals surface area contributed by atoms with Gasteiger partial charge in [0.25, 0.3) is 0 Å². The molecule has 1 aliphatic heterocycles. The highest BCUT2D eigenvalue weighted by Crippen LogP contribution is 2.26. The number of carbonyl (C=O) groups excluding carboxylic acids is 1. The molecule has 0 radical (unpaired) electrons. The summed E-state index contributed by atoms with van der Waals surface area (Å²) in [7, 11) is 0. The summed E-state index contributed by atoms with van der Waals surface area (Å²) in [5.41, 5.74) is 0.948. The molecule has 1 fully saturated rings. The van der Waals surface area contributed by atoms with E-state index in [1.807, 2.05) is 18.2 Å². The van der Waals surface area contributed by atoms with E-state index in [0.29, 0.717) is 41.2 Å². The Bertz CT molecular complexity index is 1470. The average Bonchev–Trinajstić information content (AvgIpc) is 3.58. The Morgan fingerprint density at radius 3 is 2.98 bits per heavy atom. The van der Waals surface area contributed by atoms with E-state index in [-0.39, 0.29) is 18.7 Å². The third-order valence-electron chi connectivity index (χ3n) is 6.88. The number of nitrogens with zero attached hydrogens (tertiary/aromatic N) is 4. The maximum atomic E-state index is 13.8. The van der Waals surface area contributed by atoms with Gasteiger partial charge in [-0.1, -0.05) is 6.07 Å². The van der Waals surface area contributed by atoms with Crippen molar-refractivity contribution in [1.82, 2.24) is 25.1 Å². The number of aromatic amines is 1. The third kappa shape index (κ3) is 6.69. The molecule has 0 bridgehead atoms. The van der Waals surface area contributed by atoms with Crippen molar-refractivity contribution in [3.63, 3.8) is 0 Å². The lowest BCUT2D eigenvalue weighted by Gasteiger charge is -2.23. The maximum Gasteiger partial charge on any atom is 0.230 e. The fourth-order valence-corrected chi connectivity index (χ4v) is 4.95. The molecular weight excluding hydrogens is 520 g/mol. The molecule has 0 spiro atoms. The number of hydrogen-bond donors (Lipinski definition) is 4. The predicted molar refractivity (Wildman–Crippen MR) is 147 cm³/mol. The average molecular weight is 552 g/mol. The van der Waals surface area contributed by atoms with Crippen LogP contribution in [0.5, 0.6) is 5.75 Å². The molecule has 0 saturated carbocycles. The maximum absolute atomic E-state index is 13.8. The number of likely N-dealkylation sites (tertiary alicyclic amines) is 1. The van der Waals surface area contributed by atoms with Gasteiger partial charge in [-0.25, -0.2) is 18.7 Å². The van der Waals surface area contributed by atoms with Crippen LogP contribution in [0.4, 0.5) is 26.1 Å². The van der Waals surface area contributed by atoms with Gasteiger partial charge in [-0.05, 0) is 56.5 Å². The number of anilines is 3. The first kappa shape index (κ1) is 27.4. The van der Waals surface area contributed by atoms with Crippen molar-refractivity contribution < 1.29 is 23.4 Å². The minimum Gasteiger partial charge on any atom is -0.493 e. The number of carbonyl (C=O) groups is 1. The Morgan fingerprint density at radius 1 is 1.20 bits per heavy atom. The van der Waals surface area contributed by atoms with Crippen LogP contribution in [0.3, 0.4) is 0 Å². The van der Waals surface area contributed by atoms with E-state index >= 15 is 0 Å². The van der Waals surface area contributed by atoms with Gasteiger partial charge in [-0.2, -0.15) is 5.10 Å². The quantitative estimate of drug-likeness (QED) is 0.193. The minimum atomic E-state index is -1.11. The standard InChI is InChI=1S/C28H31F2N7O3/c29-22-5-1-6-23(27(22)30)33-26(39)15-18-14-25(36-35-18)34-28-21-8-7-20(16-24(21)31-17-32-28)40-13-3-11-37-10-2-4-19(37)9-12-38/h1,5-8,14,16-17,19,38H,2-4,9-13,15H2,(H,33,39)(H2,31,32,34,35,36)/t19-/m0/s1. The monoisotopic (exact) mass is 551 g/mol. The number of ether oxygens (including phenoxy) is 1. The lowest BCUT2D eigenvalue weighted by atomic mass is 10.1. The summed E-state index contributed by atoms with van der Waals surface area (Å²) < 4.78 is 33.2. The normalized spacial score (nSPS) is 15.4. The zero-order valence-electron chi connectivity index (χ0n) is 21.9. The molecule has 5 rings (SSSR count). The molecule has 1 saturated heterocycles. The second kappa shape index (κ2) is 12.8. The molecular formula is C28H31F2N7O3. The van der Waals surface area contributed by atoms with Crippen molar-refractivity contribution in [2.24, 2.45) is 0 Å². The zero-order valence-corrected chi connectivity index (χ0v) is 21.9. The number of halogens is 2. The van der Waals surface area contributed by atoms with E-state index in [9.17, 15) is 18.7 Å². The summed E-state index contributed by atoms with van der Waals surface area (Å²) in [5.74, 6) is -0.988. The van der Waals surface area contributed by atoms with Gasteiger partial charge in [0.2, 0.25) is 5.91 Å². The summed E-state index contributed by atoms with van der Waals surface area (Å²) >= 11 is 0. The third-order valence-corrected chi connectivity index (χ3v) is 6.88. The summed E-state index contributed by atoms with van der Waals surface area (Å²) in [4.78, 5) is 23.4. The van der Waals surface area contributed by atoms with E-state index < -0.39 is 17.5 Å². The largest absolute Gasteiger partial charge is 0.493 e. The van der Waals surface area contributed by atoms with Crippen molar-refractivity contribution in [3.05, 3.63) is 66.1 Å². The first-order valence-electron chi connectivity index (χ1n) is 13.3. The Hall–Kier alpha value is -4.16. The number of aliphatic hydroxyl groups is 1. The highest BCUT2D eigenvalue weighted by molar-refractivity contribution is 5.93. The molecule has 10 nitrogen and oxygen atoms in total. The Kier molecular flexibility index (Phi) is 8.77.